The Balaban J connectivity index is 1.80. The van der Waals surface area contributed by atoms with Crippen LogP contribution in [0.4, 0.5) is 0 Å². The van der Waals surface area contributed by atoms with E-state index in [0.717, 1.165) is 24.2 Å². The lowest BCUT2D eigenvalue weighted by Crippen LogP contribution is -2.44. The van der Waals surface area contributed by atoms with Gasteiger partial charge in [0, 0.05) is 0 Å². The largest absolute Gasteiger partial charge is 0.393 e. The Labute approximate surface area is 104 Å². The predicted molar refractivity (Wildman–Crippen MR) is 65.5 cm³/mol. The molecule has 3 saturated carbocycles. The molecular weight excluding hydrogens is 212 g/mol. The SMILES string of the molecule is CC1(C)[C@H]2[C@H]3[C@@H]4CC[C@@]3(C)O[C@@]4(CO)CC[C@H]21. The standard InChI is InChI=1S/C15H24O2/c1-13(2)9-5-7-15(8-16)10-4-6-14(3,17-15)12(10)11(9)13/h9-12,16H,4-8H2,1-3H3/t9-,10+,11-,12-,14-,15-/m1/s1. The van der Waals surface area contributed by atoms with Gasteiger partial charge in [-0.2, -0.15) is 0 Å². The second-order valence-electron chi connectivity index (χ2n) is 7.80. The number of ether oxygens (including phenoxy) is 1. The molecule has 0 radical (unpaired) electrons. The van der Waals surface area contributed by atoms with Crippen molar-refractivity contribution in [3.05, 3.63) is 0 Å². The first-order valence-corrected chi connectivity index (χ1v) is 7.26. The molecule has 2 heteroatoms. The average Bonchev–Trinajstić information content (AvgIpc) is 2.56. The van der Waals surface area contributed by atoms with Gasteiger partial charge in [0.1, 0.15) is 0 Å². The van der Waals surface area contributed by atoms with E-state index in [-0.39, 0.29) is 17.8 Å². The van der Waals surface area contributed by atoms with Crippen molar-refractivity contribution in [3.63, 3.8) is 0 Å². The molecule has 0 amide bonds. The topological polar surface area (TPSA) is 29.5 Å². The van der Waals surface area contributed by atoms with E-state index in [1.54, 1.807) is 0 Å². The van der Waals surface area contributed by atoms with E-state index in [1.807, 2.05) is 0 Å². The molecule has 4 aliphatic rings. The van der Waals surface area contributed by atoms with E-state index in [2.05, 4.69) is 20.8 Å². The van der Waals surface area contributed by atoms with Crippen molar-refractivity contribution in [2.45, 2.75) is 57.7 Å². The first-order chi connectivity index (χ1) is 7.95. The van der Waals surface area contributed by atoms with Crippen molar-refractivity contribution in [3.8, 4) is 0 Å². The van der Waals surface area contributed by atoms with Crippen LogP contribution in [0.1, 0.15) is 46.5 Å². The van der Waals surface area contributed by atoms with Gasteiger partial charge in [0.15, 0.2) is 0 Å². The molecule has 6 atom stereocenters. The van der Waals surface area contributed by atoms with Crippen LogP contribution in [0.15, 0.2) is 0 Å². The van der Waals surface area contributed by atoms with Crippen molar-refractivity contribution < 1.29 is 9.84 Å². The first-order valence-electron chi connectivity index (χ1n) is 7.26. The normalized spacial score (nSPS) is 62.1. The quantitative estimate of drug-likeness (QED) is 0.758. The molecule has 1 heterocycles. The minimum Gasteiger partial charge on any atom is -0.393 e. The molecule has 1 saturated heterocycles. The Morgan fingerprint density at radius 2 is 1.76 bits per heavy atom. The van der Waals surface area contributed by atoms with Gasteiger partial charge in [-0.25, -0.2) is 0 Å². The summed E-state index contributed by atoms with van der Waals surface area (Å²) in [5.41, 5.74) is 0.440. The third-order valence-corrected chi connectivity index (χ3v) is 6.87. The van der Waals surface area contributed by atoms with Crippen LogP contribution in [0.5, 0.6) is 0 Å². The van der Waals surface area contributed by atoms with E-state index >= 15 is 0 Å². The van der Waals surface area contributed by atoms with Crippen LogP contribution in [0.3, 0.4) is 0 Å². The van der Waals surface area contributed by atoms with Crippen LogP contribution in [-0.2, 0) is 4.74 Å². The number of aliphatic hydroxyl groups excluding tert-OH is 1. The average molecular weight is 236 g/mol. The van der Waals surface area contributed by atoms with Crippen LogP contribution in [0.2, 0.25) is 0 Å². The fraction of sp³-hybridized carbons (Fsp3) is 1.00. The maximum atomic E-state index is 9.84. The van der Waals surface area contributed by atoms with Crippen LogP contribution >= 0.6 is 0 Å². The summed E-state index contributed by atoms with van der Waals surface area (Å²) in [6.07, 6.45) is 4.84. The van der Waals surface area contributed by atoms with Gasteiger partial charge in [-0.1, -0.05) is 13.8 Å². The summed E-state index contributed by atoms with van der Waals surface area (Å²) in [6, 6.07) is 0. The summed E-state index contributed by atoms with van der Waals surface area (Å²) in [5.74, 6) is 3.10. The van der Waals surface area contributed by atoms with Crippen LogP contribution < -0.4 is 0 Å². The highest BCUT2D eigenvalue weighted by molar-refractivity contribution is 5.23. The summed E-state index contributed by atoms with van der Waals surface area (Å²) in [7, 11) is 0. The summed E-state index contributed by atoms with van der Waals surface area (Å²) in [4.78, 5) is 0. The van der Waals surface area contributed by atoms with Crippen molar-refractivity contribution in [2.75, 3.05) is 6.61 Å². The molecule has 96 valence electrons. The molecule has 4 fully saturated rings. The molecule has 0 aromatic carbocycles. The second kappa shape index (κ2) is 2.75. The molecule has 3 aliphatic carbocycles. The van der Waals surface area contributed by atoms with E-state index in [4.69, 9.17) is 4.74 Å². The summed E-state index contributed by atoms with van der Waals surface area (Å²) in [5, 5.41) is 9.84. The van der Waals surface area contributed by atoms with Crippen LogP contribution in [0.25, 0.3) is 0 Å². The number of hydrogen-bond acceptors (Lipinski definition) is 2. The molecule has 17 heavy (non-hydrogen) atoms. The fourth-order valence-corrected chi connectivity index (χ4v) is 6.01. The Hall–Kier alpha value is -0.0800. The Kier molecular flexibility index (Phi) is 1.75. The molecule has 2 nitrogen and oxygen atoms in total. The summed E-state index contributed by atoms with van der Waals surface area (Å²) in [6.45, 7) is 7.43. The molecule has 4 rings (SSSR count). The second-order valence-corrected chi connectivity index (χ2v) is 7.80. The first kappa shape index (κ1) is 10.8. The Morgan fingerprint density at radius 1 is 1.06 bits per heavy atom. The smallest absolute Gasteiger partial charge is 0.0951 e. The van der Waals surface area contributed by atoms with Gasteiger partial charge in [-0.15, -0.1) is 0 Å². The van der Waals surface area contributed by atoms with Crippen molar-refractivity contribution in [1.29, 1.82) is 0 Å². The van der Waals surface area contributed by atoms with Gasteiger partial charge in [0.25, 0.3) is 0 Å². The van der Waals surface area contributed by atoms with Gasteiger partial charge in [0.05, 0.1) is 17.8 Å². The fourth-order valence-electron chi connectivity index (χ4n) is 6.01. The molecule has 0 aromatic heterocycles. The number of aliphatic hydroxyl groups is 1. The maximum absolute atomic E-state index is 9.84. The molecule has 0 aromatic rings. The monoisotopic (exact) mass is 236 g/mol. The van der Waals surface area contributed by atoms with Crippen LogP contribution in [-0.4, -0.2) is 22.9 Å². The zero-order chi connectivity index (χ0) is 12.1. The number of fused-ring (bicyclic) bond motifs is 1. The van der Waals surface area contributed by atoms with Crippen molar-refractivity contribution >= 4 is 0 Å². The number of rotatable bonds is 1. The highest BCUT2D eigenvalue weighted by Gasteiger charge is 2.75. The minimum absolute atomic E-state index is 0.0739. The predicted octanol–water partition coefficient (Wildman–Crippen LogP) is 2.60. The van der Waals surface area contributed by atoms with Crippen molar-refractivity contribution in [2.24, 2.45) is 29.1 Å². The summed E-state index contributed by atoms with van der Waals surface area (Å²) >= 11 is 0. The Bertz CT molecular complexity index is 377. The van der Waals surface area contributed by atoms with Gasteiger partial charge < -0.3 is 9.84 Å². The van der Waals surface area contributed by atoms with Gasteiger partial charge in [-0.05, 0) is 61.7 Å². The highest BCUT2D eigenvalue weighted by Crippen LogP contribution is 2.76. The molecular formula is C15H24O2. The minimum atomic E-state index is -0.166. The lowest BCUT2D eigenvalue weighted by atomic mass is 9.76. The van der Waals surface area contributed by atoms with Gasteiger partial charge >= 0.3 is 0 Å². The lowest BCUT2D eigenvalue weighted by Gasteiger charge is -2.39. The van der Waals surface area contributed by atoms with Crippen LogP contribution in [0, 0.1) is 29.1 Å². The lowest BCUT2D eigenvalue weighted by molar-refractivity contribution is -0.162. The third kappa shape index (κ3) is 1.02. The van der Waals surface area contributed by atoms with E-state index in [0.29, 0.717) is 11.3 Å². The van der Waals surface area contributed by atoms with E-state index in [1.165, 1.54) is 19.3 Å². The van der Waals surface area contributed by atoms with E-state index in [9.17, 15) is 5.11 Å². The molecule has 4 bridgehead atoms. The summed E-state index contributed by atoms with van der Waals surface area (Å²) < 4.78 is 6.43. The molecule has 0 spiro atoms. The Morgan fingerprint density at radius 3 is 2.47 bits per heavy atom. The third-order valence-electron chi connectivity index (χ3n) is 6.87. The zero-order valence-corrected chi connectivity index (χ0v) is 11.2. The number of hydrogen-bond donors (Lipinski definition) is 1. The molecule has 0 unspecified atom stereocenters. The zero-order valence-electron chi connectivity index (χ0n) is 11.2. The highest BCUT2D eigenvalue weighted by atomic mass is 16.5. The molecule has 1 aliphatic heterocycles. The van der Waals surface area contributed by atoms with Crippen molar-refractivity contribution in [1.82, 2.24) is 0 Å². The van der Waals surface area contributed by atoms with Gasteiger partial charge in [0.2, 0.25) is 0 Å². The maximum Gasteiger partial charge on any atom is 0.0951 e. The van der Waals surface area contributed by atoms with E-state index < -0.39 is 0 Å². The molecule has 1 N–H and O–H groups in total. The van der Waals surface area contributed by atoms with Gasteiger partial charge in [-0.3, -0.25) is 0 Å².